The predicted molar refractivity (Wildman–Crippen MR) is 86.4 cm³/mol. The average Bonchev–Trinajstić information content (AvgIpc) is 2.39. The van der Waals surface area contributed by atoms with Gasteiger partial charge in [-0.3, -0.25) is 4.52 Å². The molecule has 0 radical (unpaired) electrons. The fourth-order valence-electron chi connectivity index (χ4n) is 1.49. The monoisotopic (exact) mass is 319 g/mol. The van der Waals surface area contributed by atoms with E-state index in [2.05, 4.69) is 9.97 Å². The van der Waals surface area contributed by atoms with Crippen LogP contribution in [0.3, 0.4) is 0 Å². The molecule has 1 heterocycles. The first-order valence-electron chi connectivity index (χ1n) is 6.08. The molecular weight excluding hydrogens is 297 g/mol. The molecular formula is C12H22N3O3PS. The number of nitrogens with zero attached hydrogens (tertiary/aromatic N) is 3. The summed E-state index contributed by atoms with van der Waals surface area (Å²) < 4.78 is 15.5. The van der Waals surface area contributed by atoms with Gasteiger partial charge < -0.3 is 13.9 Å². The summed E-state index contributed by atoms with van der Waals surface area (Å²) in [6.45, 7) is 4.46. The maximum Gasteiger partial charge on any atom is 0.444 e. The average molecular weight is 319 g/mol. The van der Waals surface area contributed by atoms with Crippen molar-refractivity contribution in [2.24, 2.45) is 0 Å². The highest BCUT2D eigenvalue weighted by atomic mass is 32.5. The lowest BCUT2D eigenvalue weighted by Gasteiger charge is -2.21. The van der Waals surface area contributed by atoms with E-state index in [0.29, 0.717) is 11.8 Å². The molecule has 0 aromatic carbocycles. The van der Waals surface area contributed by atoms with Crippen LogP contribution in [-0.2, 0) is 20.9 Å². The summed E-state index contributed by atoms with van der Waals surface area (Å²) in [7, 11) is 1.39. The molecule has 1 aromatic rings. The molecule has 0 fully saturated rings. The zero-order valence-electron chi connectivity index (χ0n) is 12.0. The fraction of sp³-hybridized carbons (Fsp3) is 0.500. The van der Waals surface area contributed by atoms with Crippen molar-refractivity contribution >= 4 is 24.5 Å². The van der Waals surface area contributed by atoms with E-state index in [9.17, 15) is 0 Å². The van der Waals surface area contributed by atoms with E-state index in [-0.39, 0.29) is 2.85 Å². The number of aromatic nitrogens is 2. The number of anilines is 1. The lowest BCUT2D eigenvalue weighted by Crippen LogP contribution is -2.24. The first-order chi connectivity index (χ1) is 9.47. The van der Waals surface area contributed by atoms with Crippen LogP contribution in [0.25, 0.3) is 0 Å². The Morgan fingerprint density at radius 2 is 2.10 bits per heavy atom. The van der Waals surface area contributed by atoms with Gasteiger partial charge in [0.05, 0.1) is 0 Å². The van der Waals surface area contributed by atoms with Crippen LogP contribution in [0.15, 0.2) is 6.07 Å². The van der Waals surface area contributed by atoms with Crippen LogP contribution in [0.1, 0.15) is 22.4 Å². The highest BCUT2D eigenvalue weighted by Crippen LogP contribution is 2.48. The molecule has 0 spiro atoms. The molecule has 8 heteroatoms. The van der Waals surface area contributed by atoms with E-state index < -0.39 is 6.72 Å². The summed E-state index contributed by atoms with van der Waals surface area (Å²) >= 11 is 5.12. The summed E-state index contributed by atoms with van der Waals surface area (Å²) in [5, 5.41) is 0. The van der Waals surface area contributed by atoms with Crippen LogP contribution in [0.2, 0.25) is 0 Å². The van der Waals surface area contributed by atoms with Crippen LogP contribution in [-0.4, -0.2) is 30.2 Å². The van der Waals surface area contributed by atoms with Crippen molar-refractivity contribution in [1.82, 2.24) is 9.97 Å². The quantitative estimate of drug-likeness (QED) is 0.565. The van der Waals surface area contributed by atoms with Gasteiger partial charge in [-0.1, -0.05) is 6.42 Å². The molecule has 0 bridgehead atoms. The molecule has 1 atom stereocenters. The summed E-state index contributed by atoms with van der Waals surface area (Å²) in [5.41, 5.74) is 0.760. The molecule has 0 aliphatic heterocycles. The molecule has 6 nitrogen and oxygen atoms in total. The van der Waals surface area contributed by atoms with Gasteiger partial charge in [-0.2, -0.15) is 4.98 Å². The first kappa shape index (κ1) is 16.7. The first-order valence-corrected chi connectivity index (χ1v) is 8.63. The maximum absolute atomic E-state index is 5.51. The van der Waals surface area contributed by atoms with E-state index >= 15 is 0 Å². The van der Waals surface area contributed by atoms with E-state index in [0.717, 1.165) is 18.8 Å². The normalized spacial score (nSPS) is 13.2. The molecule has 0 aliphatic rings. The summed E-state index contributed by atoms with van der Waals surface area (Å²) in [4.78, 5) is 10.7. The van der Waals surface area contributed by atoms with Crippen molar-refractivity contribution in [1.29, 1.82) is 0 Å². The van der Waals surface area contributed by atoms with Crippen molar-refractivity contribution < 1.29 is 16.4 Å². The Kier molecular flexibility index (Phi) is 6.21. The summed E-state index contributed by atoms with van der Waals surface area (Å²) in [6.07, 6.45) is 7.08. The highest BCUT2D eigenvalue weighted by Gasteiger charge is 2.23. The van der Waals surface area contributed by atoms with Crippen LogP contribution < -0.4 is 9.42 Å². The highest BCUT2D eigenvalue weighted by molar-refractivity contribution is 8.07. The van der Waals surface area contributed by atoms with Crippen molar-refractivity contribution in [3.05, 3.63) is 11.8 Å². The van der Waals surface area contributed by atoms with Gasteiger partial charge in [0.15, 0.2) is 0 Å². The van der Waals surface area contributed by atoms with Gasteiger partial charge in [0.25, 0.3) is 0 Å². The van der Waals surface area contributed by atoms with Gasteiger partial charge in [-0.25, -0.2) is 4.98 Å². The van der Waals surface area contributed by atoms with Gasteiger partial charge in [0.1, 0.15) is 6.11 Å². The van der Waals surface area contributed by atoms with Crippen molar-refractivity contribution in [2.45, 2.75) is 20.8 Å². The molecule has 0 aliphatic carbocycles. The summed E-state index contributed by atoms with van der Waals surface area (Å²) in [6, 6.07) is 1.66. The van der Waals surface area contributed by atoms with E-state index in [1.165, 1.54) is 7.11 Å². The standard InChI is InChI=1S/C12H18N3O3PS.2H2/c1-6-15(7-2)12-13-10(4)9-11(14-12)18-19(20,16-5)17-8-3;;/h3,9H,6-7H2,1-2,4-5H3;2*1H. The topological polar surface area (TPSA) is 56.7 Å². The largest absolute Gasteiger partial charge is 0.444 e. The minimum atomic E-state index is -3.02. The van der Waals surface area contributed by atoms with Crippen LogP contribution in [0.4, 0.5) is 5.95 Å². The van der Waals surface area contributed by atoms with Crippen LogP contribution >= 0.6 is 6.72 Å². The molecule has 20 heavy (non-hydrogen) atoms. The lowest BCUT2D eigenvalue weighted by atomic mass is 10.4. The zero-order valence-corrected chi connectivity index (χ0v) is 13.7. The van der Waals surface area contributed by atoms with Crippen molar-refractivity contribution in [3.8, 4) is 18.4 Å². The number of terminal acetylenes is 1. The Hall–Kier alpha value is -1.35. The van der Waals surface area contributed by atoms with Gasteiger partial charge in [-0.05, 0) is 20.8 Å². The number of aryl methyl sites for hydroxylation is 1. The van der Waals surface area contributed by atoms with Crippen molar-refractivity contribution in [3.63, 3.8) is 0 Å². The van der Waals surface area contributed by atoms with Crippen LogP contribution in [0.5, 0.6) is 5.88 Å². The molecule has 0 N–H and O–H groups in total. The Balaban J connectivity index is 0. The maximum atomic E-state index is 5.51. The number of hydrogen-bond acceptors (Lipinski definition) is 7. The van der Waals surface area contributed by atoms with E-state index in [4.69, 9.17) is 31.8 Å². The predicted octanol–water partition coefficient (Wildman–Crippen LogP) is 2.98. The zero-order chi connectivity index (χ0) is 15.2. The Morgan fingerprint density at radius 3 is 2.60 bits per heavy atom. The molecule has 114 valence electrons. The number of rotatable bonds is 7. The molecule has 1 unspecified atom stereocenters. The van der Waals surface area contributed by atoms with Gasteiger partial charge >= 0.3 is 6.72 Å². The lowest BCUT2D eigenvalue weighted by molar-refractivity contribution is 0.303. The second-order valence-corrected chi connectivity index (χ2v) is 6.72. The minimum Gasteiger partial charge on any atom is -0.397 e. The molecule has 0 saturated heterocycles. The molecule has 1 rings (SSSR count). The van der Waals surface area contributed by atoms with Crippen molar-refractivity contribution in [2.75, 3.05) is 25.1 Å². The van der Waals surface area contributed by atoms with Gasteiger partial charge in [0.2, 0.25) is 11.8 Å². The minimum absolute atomic E-state index is 0. The number of hydrogen-bond donors (Lipinski definition) is 0. The summed E-state index contributed by atoms with van der Waals surface area (Å²) in [5.74, 6) is 0.864. The Bertz CT molecular complexity index is 553. The second-order valence-electron chi connectivity index (χ2n) is 3.75. The smallest absolute Gasteiger partial charge is 0.397 e. The van der Waals surface area contributed by atoms with E-state index in [1.807, 2.05) is 31.8 Å². The van der Waals surface area contributed by atoms with Gasteiger partial charge in [-0.15, -0.1) is 0 Å². The third-order valence-corrected chi connectivity index (χ3v) is 4.54. The molecule has 1 aromatic heterocycles. The Morgan fingerprint density at radius 1 is 1.45 bits per heavy atom. The van der Waals surface area contributed by atoms with Crippen LogP contribution in [0, 0.1) is 19.5 Å². The third kappa shape index (κ3) is 4.34. The second kappa shape index (κ2) is 7.44. The molecule has 0 amide bonds. The van der Waals surface area contributed by atoms with E-state index in [1.54, 1.807) is 6.07 Å². The fourth-order valence-corrected chi connectivity index (χ4v) is 2.49. The SMILES string of the molecule is C#COP(=S)(OC)Oc1cc(C)nc(N(CC)CC)n1.[HH].[HH]. The Labute approximate surface area is 127 Å². The molecule has 0 saturated carbocycles. The third-order valence-electron chi connectivity index (χ3n) is 2.46. The van der Waals surface area contributed by atoms with Gasteiger partial charge in [0, 0.05) is 46.6 Å².